The number of nitrogens with zero attached hydrogens (tertiary/aromatic N) is 3. The molecular weight excluding hydrogens is 362 g/mol. The summed E-state index contributed by atoms with van der Waals surface area (Å²) in [6, 6.07) is 13.4. The standard InChI is InChI=1S/C16H16ClN5O2S/c17-13-3-5-14(6-4-13)25(23,24)19-10-9-18-15-7-8-16(21-20-15)22-11-1-2-12-22/h1-8,11-12,19H,9-10H2,(H,18,20). The Morgan fingerprint density at radius 2 is 1.68 bits per heavy atom. The molecule has 2 N–H and O–H groups in total. The van der Waals surface area contributed by atoms with Crippen LogP contribution in [0.4, 0.5) is 5.82 Å². The Balaban J connectivity index is 1.50. The quantitative estimate of drug-likeness (QED) is 0.617. The van der Waals surface area contributed by atoms with Crippen LogP contribution in [-0.2, 0) is 10.0 Å². The molecule has 0 aliphatic rings. The van der Waals surface area contributed by atoms with E-state index in [-0.39, 0.29) is 11.4 Å². The smallest absolute Gasteiger partial charge is 0.240 e. The monoisotopic (exact) mass is 377 g/mol. The molecular formula is C16H16ClN5O2S. The van der Waals surface area contributed by atoms with Gasteiger partial charge in [0.05, 0.1) is 4.90 Å². The average molecular weight is 378 g/mol. The molecule has 3 aromatic rings. The Morgan fingerprint density at radius 1 is 0.960 bits per heavy atom. The van der Waals surface area contributed by atoms with Crippen LogP contribution >= 0.6 is 11.6 Å². The van der Waals surface area contributed by atoms with Crippen molar-refractivity contribution in [2.45, 2.75) is 4.90 Å². The number of aromatic nitrogens is 3. The Bertz CT molecular complexity index is 910. The minimum Gasteiger partial charge on any atom is -0.367 e. The summed E-state index contributed by atoms with van der Waals surface area (Å²) in [5, 5.41) is 11.7. The van der Waals surface area contributed by atoms with Gasteiger partial charge in [0, 0.05) is 30.5 Å². The first kappa shape index (κ1) is 17.4. The van der Waals surface area contributed by atoms with Crippen LogP contribution in [0.2, 0.25) is 5.02 Å². The van der Waals surface area contributed by atoms with Crippen molar-refractivity contribution >= 4 is 27.4 Å². The second-order valence-corrected chi connectivity index (χ2v) is 7.35. The van der Waals surface area contributed by atoms with Gasteiger partial charge in [-0.15, -0.1) is 10.2 Å². The topological polar surface area (TPSA) is 88.9 Å². The van der Waals surface area contributed by atoms with Crippen molar-refractivity contribution in [3.05, 3.63) is 65.9 Å². The number of rotatable bonds is 7. The van der Waals surface area contributed by atoms with Gasteiger partial charge < -0.3 is 9.88 Å². The first-order valence-electron chi connectivity index (χ1n) is 7.51. The molecule has 0 radical (unpaired) electrons. The Kier molecular flexibility index (Phi) is 5.32. The molecule has 9 heteroatoms. The minimum atomic E-state index is -3.56. The van der Waals surface area contributed by atoms with Crippen LogP contribution in [0, 0.1) is 0 Å². The second kappa shape index (κ2) is 7.64. The van der Waals surface area contributed by atoms with E-state index in [2.05, 4.69) is 20.2 Å². The SMILES string of the molecule is O=S(=O)(NCCNc1ccc(-n2cccc2)nn1)c1ccc(Cl)cc1. The molecule has 130 valence electrons. The predicted octanol–water partition coefficient (Wildman–Crippen LogP) is 2.31. The number of sulfonamides is 1. The second-order valence-electron chi connectivity index (χ2n) is 5.15. The molecule has 7 nitrogen and oxygen atoms in total. The van der Waals surface area contributed by atoms with Gasteiger partial charge in [-0.2, -0.15) is 0 Å². The van der Waals surface area contributed by atoms with Gasteiger partial charge in [-0.3, -0.25) is 0 Å². The van der Waals surface area contributed by atoms with Crippen molar-refractivity contribution in [3.63, 3.8) is 0 Å². The fraction of sp³-hybridized carbons (Fsp3) is 0.125. The van der Waals surface area contributed by atoms with Gasteiger partial charge in [0.15, 0.2) is 5.82 Å². The molecule has 0 bridgehead atoms. The van der Waals surface area contributed by atoms with E-state index in [0.29, 0.717) is 23.2 Å². The lowest BCUT2D eigenvalue weighted by Gasteiger charge is -2.08. The molecule has 2 aromatic heterocycles. The number of benzene rings is 1. The third-order valence-corrected chi connectivity index (χ3v) is 5.10. The van der Waals surface area contributed by atoms with Gasteiger partial charge in [-0.25, -0.2) is 13.1 Å². The summed E-state index contributed by atoms with van der Waals surface area (Å²) in [5.74, 6) is 1.28. The van der Waals surface area contributed by atoms with Crippen LogP contribution in [0.3, 0.4) is 0 Å². The molecule has 0 saturated carbocycles. The summed E-state index contributed by atoms with van der Waals surface area (Å²) in [4.78, 5) is 0.174. The highest BCUT2D eigenvalue weighted by Crippen LogP contribution is 2.13. The first-order valence-corrected chi connectivity index (χ1v) is 9.37. The summed E-state index contributed by atoms with van der Waals surface area (Å²) >= 11 is 5.76. The molecule has 0 aliphatic heterocycles. The lowest BCUT2D eigenvalue weighted by Crippen LogP contribution is -2.29. The third kappa shape index (κ3) is 4.56. The van der Waals surface area contributed by atoms with E-state index in [9.17, 15) is 8.42 Å². The Labute approximate surface area is 150 Å². The van der Waals surface area contributed by atoms with Gasteiger partial charge in [0.2, 0.25) is 10.0 Å². The number of hydrogen-bond donors (Lipinski definition) is 2. The van der Waals surface area contributed by atoms with Crippen molar-refractivity contribution in [1.82, 2.24) is 19.5 Å². The van der Waals surface area contributed by atoms with Crippen LogP contribution in [0.5, 0.6) is 0 Å². The molecule has 0 unspecified atom stereocenters. The summed E-state index contributed by atoms with van der Waals surface area (Å²) in [6.45, 7) is 0.594. The van der Waals surface area contributed by atoms with Crippen LogP contribution < -0.4 is 10.0 Å². The predicted molar refractivity (Wildman–Crippen MR) is 96.5 cm³/mol. The van der Waals surface area contributed by atoms with Crippen molar-refractivity contribution in [2.75, 3.05) is 18.4 Å². The number of hydrogen-bond acceptors (Lipinski definition) is 5. The molecule has 0 amide bonds. The Hall–Kier alpha value is -2.42. The molecule has 0 spiro atoms. The van der Waals surface area contributed by atoms with Crippen molar-refractivity contribution in [1.29, 1.82) is 0 Å². The zero-order valence-corrected chi connectivity index (χ0v) is 14.7. The molecule has 0 saturated heterocycles. The normalized spacial score (nSPS) is 11.4. The maximum Gasteiger partial charge on any atom is 0.240 e. The molecule has 3 rings (SSSR count). The summed E-state index contributed by atoms with van der Waals surface area (Å²) in [6.07, 6.45) is 3.76. The molecule has 0 atom stereocenters. The lowest BCUT2D eigenvalue weighted by molar-refractivity contribution is 0.583. The average Bonchev–Trinajstić information content (AvgIpc) is 3.14. The van der Waals surface area contributed by atoms with Crippen molar-refractivity contribution < 1.29 is 8.42 Å². The van der Waals surface area contributed by atoms with Crippen LogP contribution in [-0.4, -0.2) is 36.3 Å². The van der Waals surface area contributed by atoms with Crippen LogP contribution in [0.1, 0.15) is 0 Å². The maximum atomic E-state index is 12.1. The highest BCUT2D eigenvalue weighted by Gasteiger charge is 2.12. The molecule has 0 fully saturated rings. The molecule has 25 heavy (non-hydrogen) atoms. The van der Waals surface area contributed by atoms with E-state index in [4.69, 9.17) is 11.6 Å². The van der Waals surface area contributed by atoms with Crippen LogP contribution in [0.15, 0.2) is 65.8 Å². The first-order chi connectivity index (χ1) is 12.0. The van der Waals surface area contributed by atoms with E-state index < -0.39 is 10.0 Å². The van der Waals surface area contributed by atoms with Crippen LogP contribution in [0.25, 0.3) is 5.82 Å². The molecule has 0 aliphatic carbocycles. The van der Waals surface area contributed by atoms with Gasteiger partial charge in [-0.1, -0.05) is 11.6 Å². The molecule has 2 heterocycles. The fourth-order valence-corrected chi connectivity index (χ4v) is 3.28. The van der Waals surface area contributed by atoms with Gasteiger partial charge in [0.1, 0.15) is 5.82 Å². The largest absolute Gasteiger partial charge is 0.367 e. The lowest BCUT2D eigenvalue weighted by atomic mass is 10.4. The van der Waals surface area contributed by atoms with E-state index in [1.807, 2.05) is 35.2 Å². The summed E-state index contributed by atoms with van der Waals surface area (Å²) in [5.41, 5.74) is 0. The van der Waals surface area contributed by atoms with E-state index >= 15 is 0 Å². The Morgan fingerprint density at radius 3 is 2.32 bits per heavy atom. The number of halogens is 1. The van der Waals surface area contributed by atoms with E-state index in [0.717, 1.165) is 0 Å². The van der Waals surface area contributed by atoms with Gasteiger partial charge >= 0.3 is 0 Å². The summed E-state index contributed by atoms with van der Waals surface area (Å²) in [7, 11) is -3.56. The number of anilines is 1. The highest BCUT2D eigenvalue weighted by atomic mass is 35.5. The summed E-state index contributed by atoms with van der Waals surface area (Å²) < 4.78 is 28.6. The van der Waals surface area contributed by atoms with E-state index in [1.165, 1.54) is 24.3 Å². The molecule has 1 aromatic carbocycles. The zero-order valence-electron chi connectivity index (χ0n) is 13.1. The zero-order chi connectivity index (χ0) is 17.7. The maximum absolute atomic E-state index is 12.1. The van der Waals surface area contributed by atoms with Gasteiger partial charge in [-0.05, 0) is 48.5 Å². The van der Waals surface area contributed by atoms with Gasteiger partial charge in [0.25, 0.3) is 0 Å². The highest BCUT2D eigenvalue weighted by molar-refractivity contribution is 7.89. The third-order valence-electron chi connectivity index (χ3n) is 3.37. The van der Waals surface area contributed by atoms with Crippen molar-refractivity contribution in [2.24, 2.45) is 0 Å². The van der Waals surface area contributed by atoms with Crippen molar-refractivity contribution in [3.8, 4) is 5.82 Å². The van der Waals surface area contributed by atoms with E-state index in [1.54, 1.807) is 6.07 Å². The fourth-order valence-electron chi connectivity index (χ4n) is 2.12. The minimum absolute atomic E-state index is 0.174. The number of nitrogens with one attached hydrogen (secondary N) is 2.